The van der Waals surface area contributed by atoms with E-state index in [1.54, 1.807) is 6.92 Å². The average molecular weight is 371 g/mol. The highest BCUT2D eigenvalue weighted by atomic mass is 16.5. The van der Waals surface area contributed by atoms with E-state index in [0.29, 0.717) is 18.8 Å². The lowest BCUT2D eigenvalue weighted by Gasteiger charge is -2.64. The molecule has 3 N–H and O–H groups in total. The zero-order valence-electron chi connectivity index (χ0n) is 17.3. The fourth-order valence-electron chi connectivity index (χ4n) is 5.76. The number of aliphatic hydroxyl groups is 3. The van der Waals surface area contributed by atoms with Gasteiger partial charge in [-0.25, -0.2) is 0 Å². The van der Waals surface area contributed by atoms with Crippen LogP contribution in [0.25, 0.3) is 0 Å². The van der Waals surface area contributed by atoms with Gasteiger partial charge in [-0.05, 0) is 62.2 Å². The van der Waals surface area contributed by atoms with Crippen molar-refractivity contribution in [3.63, 3.8) is 0 Å². The first-order valence-corrected chi connectivity index (χ1v) is 10.1. The summed E-state index contributed by atoms with van der Waals surface area (Å²) in [6, 6.07) is 0. The lowest BCUT2D eigenvalue weighted by atomic mass is 9.42. The first-order valence-electron chi connectivity index (χ1n) is 10.1. The van der Waals surface area contributed by atoms with E-state index in [0.717, 1.165) is 25.7 Å². The molecule has 152 valence electrons. The molecule has 0 heterocycles. The minimum atomic E-state index is -1.31. The molecule has 0 saturated heterocycles. The number of hydrogen-bond donors (Lipinski definition) is 3. The van der Waals surface area contributed by atoms with E-state index in [9.17, 15) is 20.1 Å². The van der Waals surface area contributed by atoms with Gasteiger partial charge in [0.1, 0.15) is 6.10 Å². The Morgan fingerprint density at radius 2 is 1.88 bits per heavy atom. The Bertz CT molecular complexity index is 519. The summed E-state index contributed by atoms with van der Waals surface area (Å²) >= 11 is 0. The summed E-state index contributed by atoms with van der Waals surface area (Å²) in [5, 5.41) is 32.0. The number of aliphatic hydroxyl groups excluding tert-OH is 2. The van der Waals surface area contributed by atoms with E-state index in [2.05, 4.69) is 27.7 Å². The number of hydrogen-bond acceptors (Lipinski definition) is 5. The fourth-order valence-corrected chi connectivity index (χ4v) is 5.76. The lowest BCUT2D eigenvalue weighted by Crippen LogP contribution is -2.68. The van der Waals surface area contributed by atoms with Crippen molar-refractivity contribution in [1.29, 1.82) is 0 Å². The number of esters is 1. The summed E-state index contributed by atoms with van der Waals surface area (Å²) in [4.78, 5) is 11.5. The first-order chi connectivity index (χ1) is 11.9. The Morgan fingerprint density at radius 3 is 2.46 bits per heavy atom. The van der Waals surface area contributed by atoms with Crippen LogP contribution in [0.5, 0.6) is 0 Å². The highest BCUT2D eigenvalue weighted by Gasteiger charge is 2.64. The SMILES string of the molecule is COC(=O)C[C@H](C)CC[C@@]1(C)[C@H](C)CC[C@]2(C)[C@@H]1C[C@H](O)[C@H](O)[C@]2(C)O. The van der Waals surface area contributed by atoms with Crippen LogP contribution in [0.2, 0.25) is 0 Å². The third kappa shape index (κ3) is 3.43. The molecular formula is C21H38O5. The van der Waals surface area contributed by atoms with E-state index in [1.807, 2.05) is 0 Å². The van der Waals surface area contributed by atoms with Gasteiger partial charge < -0.3 is 20.1 Å². The Balaban J connectivity index is 2.24. The Morgan fingerprint density at radius 1 is 1.27 bits per heavy atom. The van der Waals surface area contributed by atoms with Crippen LogP contribution >= 0.6 is 0 Å². The number of rotatable bonds is 5. The molecule has 0 aromatic carbocycles. The van der Waals surface area contributed by atoms with Crippen molar-refractivity contribution in [1.82, 2.24) is 0 Å². The maximum absolute atomic E-state index is 11.5. The molecule has 2 fully saturated rings. The van der Waals surface area contributed by atoms with Gasteiger partial charge in [0.15, 0.2) is 0 Å². The van der Waals surface area contributed by atoms with Crippen LogP contribution in [-0.2, 0) is 9.53 Å². The Kier molecular flexibility index (Phi) is 6.16. The summed E-state index contributed by atoms with van der Waals surface area (Å²) in [6.45, 7) is 10.4. The summed E-state index contributed by atoms with van der Waals surface area (Å²) in [5.41, 5.74) is -1.80. The molecule has 0 aromatic heterocycles. The van der Waals surface area contributed by atoms with Gasteiger partial charge in [0.25, 0.3) is 0 Å². The van der Waals surface area contributed by atoms with Crippen molar-refractivity contribution in [2.75, 3.05) is 7.11 Å². The van der Waals surface area contributed by atoms with Crippen molar-refractivity contribution in [3.05, 3.63) is 0 Å². The molecule has 0 radical (unpaired) electrons. The van der Waals surface area contributed by atoms with Crippen LogP contribution in [0, 0.1) is 28.6 Å². The lowest BCUT2D eigenvalue weighted by molar-refractivity contribution is -0.264. The molecule has 2 saturated carbocycles. The molecule has 2 rings (SSSR count). The summed E-state index contributed by atoms with van der Waals surface area (Å²) < 4.78 is 4.78. The monoisotopic (exact) mass is 370 g/mol. The van der Waals surface area contributed by atoms with Crippen LogP contribution in [-0.4, -0.2) is 46.2 Å². The second-order valence-corrected chi connectivity index (χ2v) is 9.74. The maximum Gasteiger partial charge on any atom is 0.305 e. The van der Waals surface area contributed by atoms with Crippen molar-refractivity contribution in [2.24, 2.45) is 28.6 Å². The van der Waals surface area contributed by atoms with Gasteiger partial charge in [0, 0.05) is 11.8 Å². The van der Waals surface area contributed by atoms with Gasteiger partial charge in [-0.3, -0.25) is 4.79 Å². The molecule has 5 heteroatoms. The Labute approximate surface area is 158 Å². The third-order valence-electron chi connectivity index (χ3n) is 8.28. The molecule has 0 bridgehead atoms. The van der Waals surface area contributed by atoms with Crippen molar-refractivity contribution >= 4 is 5.97 Å². The molecule has 0 amide bonds. The summed E-state index contributed by atoms with van der Waals surface area (Å²) in [6.07, 6.45) is 2.60. The van der Waals surface area contributed by atoms with Gasteiger partial charge in [-0.2, -0.15) is 0 Å². The van der Waals surface area contributed by atoms with Crippen molar-refractivity contribution < 1.29 is 24.9 Å². The average Bonchev–Trinajstić information content (AvgIpc) is 2.58. The molecule has 8 atom stereocenters. The van der Waals surface area contributed by atoms with Crippen LogP contribution in [0.1, 0.15) is 73.1 Å². The van der Waals surface area contributed by atoms with E-state index in [4.69, 9.17) is 4.74 Å². The molecule has 0 aromatic rings. The minimum Gasteiger partial charge on any atom is -0.469 e. The highest BCUT2D eigenvalue weighted by molar-refractivity contribution is 5.69. The number of fused-ring (bicyclic) bond motifs is 1. The third-order valence-corrected chi connectivity index (χ3v) is 8.28. The predicted octanol–water partition coefficient (Wildman–Crippen LogP) is 2.90. The van der Waals surface area contributed by atoms with Crippen LogP contribution in [0.4, 0.5) is 0 Å². The van der Waals surface area contributed by atoms with E-state index >= 15 is 0 Å². The zero-order chi connectivity index (χ0) is 19.9. The smallest absolute Gasteiger partial charge is 0.305 e. The van der Waals surface area contributed by atoms with E-state index < -0.39 is 23.2 Å². The van der Waals surface area contributed by atoms with E-state index in [-0.39, 0.29) is 23.2 Å². The normalized spacial score (nSPS) is 47.1. The topological polar surface area (TPSA) is 87.0 Å². The molecule has 0 spiro atoms. The van der Waals surface area contributed by atoms with Gasteiger partial charge in [0.05, 0.1) is 18.8 Å². The van der Waals surface area contributed by atoms with Gasteiger partial charge in [0.2, 0.25) is 0 Å². The Hall–Kier alpha value is -0.650. The molecule has 2 aliphatic carbocycles. The zero-order valence-corrected chi connectivity index (χ0v) is 17.3. The quantitative estimate of drug-likeness (QED) is 0.648. The summed E-state index contributed by atoms with van der Waals surface area (Å²) in [5.74, 6) is 0.643. The maximum atomic E-state index is 11.5. The minimum absolute atomic E-state index is 0.0531. The van der Waals surface area contributed by atoms with Crippen molar-refractivity contribution in [2.45, 2.75) is 91.0 Å². The second kappa shape index (κ2) is 7.40. The highest BCUT2D eigenvalue weighted by Crippen LogP contribution is 2.64. The standard InChI is InChI=1S/C21H38O5/c1-13(11-17(23)26-6)7-9-19(3)14(2)8-10-20(4)16(19)12-15(22)18(24)21(20,5)25/h13-16,18,22,24-25H,7-12H2,1-6H3/t13-,14-,15+,16-,18+,19+,20-,21+/m1/s1. The number of methoxy groups -OCH3 is 1. The molecular weight excluding hydrogens is 332 g/mol. The van der Waals surface area contributed by atoms with Crippen molar-refractivity contribution in [3.8, 4) is 0 Å². The van der Waals surface area contributed by atoms with Gasteiger partial charge in [-0.1, -0.05) is 27.7 Å². The molecule has 5 nitrogen and oxygen atoms in total. The van der Waals surface area contributed by atoms with Crippen LogP contribution in [0.3, 0.4) is 0 Å². The number of carbonyl (C=O) groups excluding carboxylic acids is 1. The number of ether oxygens (including phenoxy) is 1. The predicted molar refractivity (Wildman–Crippen MR) is 100 cm³/mol. The molecule has 2 aliphatic rings. The molecule has 0 unspecified atom stereocenters. The summed E-state index contributed by atoms with van der Waals surface area (Å²) in [7, 11) is 1.42. The van der Waals surface area contributed by atoms with E-state index in [1.165, 1.54) is 7.11 Å². The largest absolute Gasteiger partial charge is 0.469 e. The molecule has 26 heavy (non-hydrogen) atoms. The number of carbonyl (C=O) groups is 1. The molecule has 0 aliphatic heterocycles. The van der Waals surface area contributed by atoms with Gasteiger partial charge >= 0.3 is 5.97 Å². The first kappa shape index (κ1) is 21.6. The van der Waals surface area contributed by atoms with Crippen LogP contribution < -0.4 is 0 Å². The van der Waals surface area contributed by atoms with Gasteiger partial charge in [-0.15, -0.1) is 0 Å². The van der Waals surface area contributed by atoms with Crippen LogP contribution in [0.15, 0.2) is 0 Å². The second-order valence-electron chi connectivity index (χ2n) is 9.74. The fraction of sp³-hybridized carbons (Fsp3) is 0.952.